The van der Waals surface area contributed by atoms with Crippen molar-refractivity contribution in [3.05, 3.63) is 71.2 Å². The van der Waals surface area contributed by atoms with Crippen LogP contribution in [0, 0.1) is 25.2 Å². The summed E-state index contributed by atoms with van der Waals surface area (Å²) in [6.07, 6.45) is 3.73. The van der Waals surface area contributed by atoms with Gasteiger partial charge in [-0.25, -0.2) is 0 Å². The summed E-state index contributed by atoms with van der Waals surface area (Å²) in [6.45, 7) is 5.26. The Labute approximate surface area is 197 Å². The van der Waals surface area contributed by atoms with Crippen LogP contribution in [0.15, 0.2) is 53.2 Å². The van der Waals surface area contributed by atoms with E-state index in [0.29, 0.717) is 23.6 Å². The lowest BCUT2D eigenvalue weighted by Gasteiger charge is -2.12. The van der Waals surface area contributed by atoms with Crippen LogP contribution in [-0.2, 0) is 11.3 Å². The first kappa shape index (κ1) is 21.7. The first-order valence-electron chi connectivity index (χ1n) is 11.3. The van der Waals surface area contributed by atoms with Crippen molar-refractivity contribution in [2.45, 2.75) is 39.3 Å². The molecule has 34 heavy (non-hydrogen) atoms. The Hall–Kier alpha value is -4.09. The van der Waals surface area contributed by atoms with Gasteiger partial charge < -0.3 is 24.5 Å². The molecule has 0 bridgehead atoms. The molecule has 0 saturated carbocycles. The molecule has 5 rings (SSSR count). The van der Waals surface area contributed by atoms with Gasteiger partial charge in [0.1, 0.15) is 23.3 Å². The quantitative estimate of drug-likeness (QED) is 0.439. The van der Waals surface area contributed by atoms with E-state index < -0.39 is 0 Å². The second kappa shape index (κ2) is 9.04. The molecule has 4 aromatic rings. The van der Waals surface area contributed by atoms with Crippen LogP contribution >= 0.6 is 0 Å². The van der Waals surface area contributed by atoms with Gasteiger partial charge in [0, 0.05) is 28.4 Å². The number of aromatic nitrogens is 2. The predicted molar refractivity (Wildman–Crippen MR) is 128 cm³/mol. The number of hydrogen-bond acceptors (Lipinski definition) is 6. The number of ether oxygens (including phenoxy) is 1. The molecule has 1 amide bonds. The van der Waals surface area contributed by atoms with E-state index in [9.17, 15) is 10.1 Å². The number of carbonyl (C=O) groups excluding carboxylic acids is 1. The van der Waals surface area contributed by atoms with E-state index in [2.05, 4.69) is 21.9 Å². The van der Waals surface area contributed by atoms with Crippen LogP contribution in [0.5, 0.6) is 11.5 Å². The van der Waals surface area contributed by atoms with Crippen LogP contribution < -0.4 is 15.4 Å². The van der Waals surface area contributed by atoms with Crippen LogP contribution in [0.2, 0.25) is 0 Å². The zero-order valence-electron chi connectivity index (χ0n) is 19.1. The monoisotopic (exact) mass is 455 g/mol. The third kappa shape index (κ3) is 4.26. The Balaban J connectivity index is 1.33. The molecule has 172 valence electrons. The van der Waals surface area contributed by atoms with Gasteiger partial charge in [-0.3, -0.25) is 4.79 Å². The van der Waals surface area contributed by atoms with E-state index in [1.165, 1.54) is 0 Å². The molecular formula is C26H25N5O3. The molecule has 0 spiro atoms. The maximum atomic E-state index is 12.3. The summed E-state index contributed by atoms with van der Waals surface area (Å²) in [4.78, 5) is 12.3. The van der Waals surface area contributed by atoms with E-state index in [-0.39, 0.29) is 11.9 Å². The van der Waals surface area contributed by atoms with Gasteiger partial charge in [0.05, 0.1) is 23.8 Å². The molecule has 8 heteroatoms. The number of aryl methyl sites for hydroxylation is 2. The van der Waals surface area contributed by atoms with Gasteiger partial charge in [-0.1, -0.05) is 5.16 Å². The highest BCUT2D eigenvalue weighted by Gasteiger charge is 2.21. The first-order valence-corrected chi connectivity index (χ1v) is 11.3. The Morgan fingerprint density at radius 1 is 1.26 bits per heavy atom. The number of nitriles is 1. The summed E-state index contributed by atoms with van der Waals surface area (Å²) in [5.74, 6) is 2.04. The lowest BCUT2D eigenvalue weighted by Crippen LogP contribution is -2.35. The Bertz CT molecular complexity index is 1370. The zero-order chi connectivity index (χ0) is 23.7. The second-order valence-electron chi connectivity index (χ2n) is 8.53. The standard InChI is InChI=1S/C26H25N5O3/c1-16-23(17(2)34-30-16)15-31-14-18(13-27)22-12-21(9-10-25(22)31)33-20-7-5-19(6-8-20)29-26(32)24-4-3-11-28-24/h5-10,12,14,24,28H,3-4,11,15H2,1-2H3,(H,29,32)/t24-/m0/s1. The van der Waals surface area contributed by atoms with Crippen molar-refractivity contribution >= 4 is 22.5 Å². The number of benzene rings is 2. The highest BCUT2D eigenvalue weighted by molar-refractivity contribution is 5.95. The Kier molecular flexibility index (Phi) is 5.78. The first-order chi connectivity index (χ1) is 16.5. The SMILES string of the molecule is Cc1noc(C)c1Cn1cc(C#N)c2cc(Oc3ccc(NC(=O)[C@@H]4CCCN4)cc3)ccc21. The molecule has 2 N–H and O–H groups in total. The minimum Gasteiger partial charge on any atom is -0.457 e. The molecule has 1 atom stereocenters. The van der Waals surface area contributed by atoms with Crippen molar-refractivity contribution < 1.29 is 14.1 Å². The number of nitrogens with zero attached hydrogens (tertiary/aromatic N) is 3. The van der Waals surface area contributed by atoms with Crippen molar-refractivity contribution in [3.63, 3.8) is 0 Å². The van der Waals surface area contributed by atoms with Crippen molar-refractivity contribution in [2.75, 3.05) is 11.9 Å². The van der Waals surface area contributed by atoms with E-state index >= 15 is 0 Å². The summed E-state index contributed by atoms with van der Waals surface area (Å²) < 4.78 is 13.3. The maximum Gasteiger partial charge on any atom is 0.241 e. The number of fused-ring (bicyclic) bond motifs is 1. The van der Waals surface area contributed by atoms with E-state index in [4.69, 9.17) is 9.26 Å². The third-order valence-electron chi connectivity index (χ3n) is 6.22. The molecule has 0 radical (unpaired) electrons. The number of anilines is 1. The number of rotatable bonds is 6. The second-order valence-corrected chi connectivity index (χ2v) is 8.53. The summed E-state index contributed by atoms with van der Waals surface area (Å²) in [5, 5.41) is 20.6. The third-order valence-corrected chi connectivity index (χ3v) is 6.22. The molecule has 2 aromatic carbocycles. The van der Waals surface area contributed by atoms with Crippen molar-refractivity contribution in [2.24, 2.45) is 0 Å². The predicted octanol–water partition coefficient (Wildman–Crippen LogP) is 4.65. The molecule has 2 aromatic heterocycles. The highest BCUT2D eigenvalue weighted by atomic mass is 16.5. The van der Waals surface area contributed by atoms with E-state index in [0.717, 1.165) is 53.0 Å². The van der Waals surface area contributed by atoms with Crippen molar-refractivity contribution in [1.82, 2.24) is 15.0 Å². The summed E-state index contributed by atoms with van der Waals surface area (Å²) in [6, 6.07) is 15.1. The minimum absolute atomic E-state index is 0.0123. The molecule has 1 aliphatic heterocycles. The molecule has 1 saturated heterocycles. The van der Waals surface area contributed by atoms with Gasteiger partial charge in [-0.15, -0.1) is 0 Å². The molecule has 8 nitrogen and oxygen atoms in total. The fourth-order valence-electron chi connectivity index (χ4n) is 4.34. The van der Waals surface area contributed by atoms with Gasteiger partial charge in [-0.05, 0) is 75.7 Å². The zero-order valence-corrected chi connectivity index (χ0v) is 19.1. The highest BCUT2D eigenvalue weighted by Crippen LogP contribution is 2.30. The van der Waals surface area contributed by atoms with Gasteiger partial charge >= 0.3 is 0 Å². The molecular weight excluding hydrogens is 430 g/mol. The average molecular weight is 456 g/mol. The average Bonchev–Trinajstić information content (AvgIpc) is 3.57. The number of hydrogen-bond donors (Lipinski definition) is 2. The fraction of sp³-hybridized carbons (Fsp3) is 0.269. The Morgan fingerprint density at radius 2 is 2.06 bits per heavy atom. The van der Waals surface area contributed by atoms with Crippen LogP contribution in [0.4, 0.5) is 5.69 Å². The van der Waals surface area contributed by atoms with Crippen LogP contribution in [-0.4, -0.2) is 28.2 Å². The molecule has 1 aliphatic rings. The molecule has 1 fully saturated rings. The maximum absolute atomic E-state index is 12.3. The smallest absolute Gasteiger partial charge is 0.241 e. The normalized spacial score (nSPS) is 15.4. The summed E-state index contributed by atoms with van der Waals surface area (Å²) in [7, 11) is 0. The van der Waals surface area contributed by atoms with Gasteiger partial charge in [0.15, 0.2) is 0 Å². The van der Waals surface area contributed by atoms with E-state index in [1.807, 2.05) is 67.1 Å². The van der Waals surface area contributed by atoms with E-state index in [1.54, 1.807) is 0 Å². The number of carbonyl (C=O) groups is 1. The van der Waals surface area contributed by atoms with Gasteiger partial charge in [0.2, 0.25) is 5.91 Å². The minimum atomic E-state index is -0.123. The summed E-state index contributed by atoms with van der Waals surface area (Å²) in [5.41, 5.74) is 4.09. The van der Waals surface area contributed by atoms with Gasteiger partial charge in [0.25, 0.3) is 0 Å². The van der Waals surface area contributed by atoms with Crippen molar-refractivity contribution in [3.8, 4) is 17.6 Å². The largest absolute Gasteiger partial charge is 0.457 e. The number of amides is 1. The number of nitrogens with one attached hydrogen (secondary N) is 2. The van der Waals surface area contributed by atoms with Gasteiger partial charge in [-0.2, -0.15) is 5.26 Å². The van der Waals surface area contributed by atoms with Crippen LogP contribution in [0.1, 0.15) is 35.4 Å². The van der Waals surface area contributed by atoms with Crippen LogP contribution in [0.3, 0.4) is 0 Å². The lowest BCUT2D eigenvalue weighted by atomic mass is 10.2. The Morgan fingerprint density at radius 3 is 2.74 bits per heavy atom. The molecule has 3 heterocycles. The molecule has 0 aliphatic carbocycles. The fourth-order valence-corrected chi connectivity index (χ4v) is 4.34. The van der Waals surface area contributed by atoms with Crippen molar-refractivity contribution in [1.29, 1.82) is 5.26 Å². The van der Waals surface area contributed by atoms with Crippen LogP contribution in [0.25, 0.3) is 10.9 Å². The lowest BCUT2D eigenvalue weighted by molar-refractivity contribution is -0.117. The topological polar surface area (TPSA) is 105 Å². The molecule has 0 unspecified atom stereocenters. The summed E-state index contributed by atoms with van der Waals surface area (Å²) >= 11 is 0.